The smallest absolute Gasteiger partial charge is 0.321 e. The van der Waals surface area contributed by atoms with Crippen molar-refractivity contribution in [1.29, 1.82) is 0 Å². The second-order valence-corrected chi connectivity index (χ2v) is 4.59. The van der Waals surface area contributed by atoms with E-state index < -0.39 is 0 Å². The molecule has 3 rings (SSSR count). The number of rotatable bonds is 1. The monoisotopic (exact) mass is 236 g/mol. The number of anilines is 1. The van der Waals surface area contributed by atoms with E-state index in [2.05, 4.69) is 5.32 Å². The van der Waals surface area contributed by atoms with Crippen LogP contribution in [0.4, 0.5) is 14.9 Å². The van der Waals surface area contributed by atoms with Gasteiger partial charge in [-0.3, -0.25) is 4.90 Å². The molecular formula is C11H9FN2OS. The molecule has 0 saturated carbocycles. The fourth-order valence-electron chi connectivity index (χ4n) is 1.89. The van der Waals surface area contributed by atoms with Crippen LogP contribution in [0.2, 0.25) is 0 Å². The van der Waals surface area contributed by atoms with E-state index >= 15 is 0 Å². The summed E-state index contributed by atoms with van der Waals surface area (Å²) in [6.45, 7) is 1.21. The van der Waals surface area contributed by atoms with Gasteiger partial charge >= 0.3 is 6.03 Å². The van der Waals surface area contributed by atoms with E-state index in [1.807, 2.05) is 11.4 Å². The third kappa shape index (κ3) is 1.36. The molecule has 1 aromatic heterocycles. The highest BCUT2D eigenvalue weighted by Gasteiger charge is 2.22. The summed E-state index contributed by atoms with van der Waals surface area (Å²) in [5, 5.41) is 5.17. The van der Waals surface area contributed by atoms with Crippen LogP contribution in [0.1, 0.15) is 0 Å². The molecule has 82 valence electrons. The lowest BCUT2D eigenvalue weighted by molar-refractivity contribution is 0.252. The molecule has 0 atom stereocenters. The Kier molecular flexibility index (Phi) is 2.07. The first-order valence-corrected chi connectivity index (χ1v) is 5.86. The highest BCUT2D eigenvalue weighted by atomic mass is 32.1. The summed E-state index contributed by atoms with van der Waals surface area (Å²) in [4.78, 5) is 13.0. The molecular weight excluding hydrogens is 227 g/mol. The molecule has 1 fully saturated rings. The Bertz CT molecular complexity index is 566. The van der Waals surface area contributed by atoms with Crippen molar-refractivity contribution >= 4 is 33.1 Å². The molecule has 0 aliphatic carbocycles. The van der Waals surface area contributed by atoms with Crippen LogP contribution >= 0.6 is 11.3 Å². The van der Waals surface area contributed by atoms with Gasteiger partial charge in [-0.05, 0) is 23.6 Å². The van der Waals surface area contributed by atoms with Crippen LogP contribution in [0, 0.1) is 5.82 Å². The van der Waals surface area contributed by atoms with E-state index in [9.17, 15) is 9.18 Å². The number of thiophene rings is 1. The Hall–Kier alpha value is -1.62. The lowest BCUT2D eigenvalue weighted by Gasteiger charge is -2.14. The van der Waals surface area contributed by atoms with Crippen molar-refractivity contribution in [3.8, 4) is 0 Å². The first kappa shape index (κ1) is 9.59. The fourth-order valence-corrected chi connectivity index (χ4v) is 2.72. The van der Waals surface area contributed by atoms with Crippen molar-refractivity contribution in [1.82, 2.24) is 5.32 Å². The fraction of sp³-hybridized carbons (Fsp3) is 0.182. The second kappa shape index (κ2) is 3.45. The highest BCUT2D eigenvalue weighted by molar-refractivity contribution is 7.17. The SMILES string of the molecule is O=C1NCCN1c1cc(F)c2ccsc2c1. The minimum absolute atomic E-state index is 0.157. The van der Waals surface area contributed by atoms with Crippen molar-refractivity contribution < 1.29 is 9.18 Å². The zero-order chi connectivity index (χ0) is 11.1. The van der Waals surface area contributed by atoms with Gasteiger partial charge < -0.3 is 5.32 Å². The van der Waals surface area contributed by atoms with Crippen LogP contribution in [-0.4, -0.2) is 19.1 Å². The van der Waals surface area contributed by atoms with Crippen LogP contribution in [-0.2, 0) is 0 Å². The number of halogens is 1. The summed E-state index contributed by atoms with van der Waals surface area (Å²) < 4.78 is 14.6. The van der Waals surface area contributed by atoms with Gasteiger partial charge in [0.15, 0.2) is 0 Å². The van der Waals surface area contributed by atoms with Gasteiger partial charge in [-0.15, -0.1) is 11.3 Å². The van der Waals surface area contributed by atoms with Gasteiger partial charge in [-0.25, -0.2) is 9.18 Å². The molecule has 1 aliphatic heterocycles. The molecule has 0 unspecified atom stereocenters. The minimum atomic E-state index is -0.270. The van der Waals surface area contributed by atoms with Gasteiger partial charge in [0.05, 0.1) is 0 Å². The summed E-state index contributed by atoms with van der Waals surface area (Å²) in [7, 11) is 0. The van der Waals surface area contributed by atoms with E-state index in [0.29, 0.717) is 24.2 Å². The summed E-state index contributed by atoms with van der Waals surface area (Å²) >= 11 is 1.48. The van der Waals surface area contributed by atoms with E-state index in [1.165, 1.54) is 17.4 Å². The largest absolute Gasteiger partial charge is 0.336 e. The molecule has 1 saturated heterocycles. The van der Waals surface area contributed by atoms with Crippen LogP contribution in [0.5, 0.6) is 0 Å². The van der Waals surface area contributed by atoms with E-state index in [-0.39, 0.29) is 11.8 Å². The van der Waals surface area contributed by atoms with Crippen molar-refractivity contribution in [3.05, 3.63) is 29.4 Å². The van der Waals surface area contributed by atoms with Gasteiger partial charge in [0.1, 0.15) is 5.82 Å². The number of benzene rings is 1. The van der Waals surface area contributed by atoms with Crippen LogP contribution in [0.15, 0.2) is 23.6 Å². The molecule has 3 nitrogen and oxygen atoms in total. The number of hydrogen-bond acceptors (Lipinski definition) is 2. The van der Waals surface area contributed by atoms with Gasteiger partial charge in [0.2, 0.25) is 0 Å². The third-order valence-corrected chi connectivity index (χ3v) is 3.54. The predicted octanol–water partition coefficient (Wildman–Crippen LogP) is 2.57. The molecule has 1 aromatic carbocycles. The molecule has 5 heteroatoms. The average molecular weight is 236 g/mol. The Morgan fingerprint density at radius 2 is 2.31 bits per heavy atom. The molecule has 1 aliphatic rings. The van der Waals surface area contributed by atoms with Crippen molar-refractivity contribution in [2.45, 2.75) is 0 Å². The number of nitrogens with one attached hydrogen (secondary N) is 1. The second-order valence-electron chi connectivity index (χ2n) is 3.64. The standard InChI is InChI=1S/C11H9FN2OS/c12-9-5-7(14-3-2-13-11(14)15)6-10-8(9)1-4-16-10/h1,4-6H,2-3H2,(H,13,15). The van der Waals surface area contributed by atoms with E-state index in [4.69, 9.17) is 0 Å². The lowest BCUT2D eigenvalue weighted by Crippen LogP contribution is -2.27. The van der Waals surface area contributed by atoms with E-state index in [0.717, 1.165) is 4.70 Å². The van der Waals surface area contributed by atoms with Crippen LogP contribution in [0.25, 0.3) is 10.1 Å². The van der Waals surface area contributed by atoms with Crippen molar-refractivity contribution in [2.75, 3.05) is 18.0 Å². The van der Waals surface area contributed by atoms with Gasteiger partial charge in [-0.1, -0.05) is 0 Å². The van der Waals surface area contributed by atoms with Crippen molar-refractivity contribution in [2.24, 2.45) is 0 Å². The Labute approximate surface area is 95.5 Å². The maximum atomic E-state index is 13.7. The molecule has 1 N–H and O–H groups in total. The predicted molar refractivity (Wildman–Crippen MR) is 62.5 cm³/mol. The highest BCUT2D eigenvalue weighted by Crippen LogP contribution is 2.29. The normalized spacial score (nSPS) is 15.8. The average Bonchev–Trinajstić information content (AvgIpc) is 2.85. The number of carbonyl (C=O) groups excluding carboxylic acids is 1. The first-order valence-electron chi connectivity index (χ1n) is 4.98. The van der Waals surface area contributed by atoms with Gasteiger partial charge in [-0.2, -0.15) is 0 Å². The number of hydrogen-bond donors (Lipinski definition) is 1. The Morgan fingerprint density at radius 1 is 1.44 bits per heavy atom. The Morgan fingerprint density at radius 3 is 3.06 bits per heavy atom. The maximum Gasteiger partial charge on any atom is 0.321 e. The number of carbonyl (C=O) groups is 1. The van der Waals surface area contributed by atoms with Crippen LogP contribution in [0.3, 0.4) is 0 Å². The third-order valence-electron chi connectivity index (χ3n) is 2.67. The number of nitrogens with zero attached hydrogens (tertiary/aromatic N) is 1. The minimum Gasteiger partial charge on any atom is -0.336 e. The Balaban J connectivity index is 2.13. The molecule has 2 amide bonds. The molecule has 2 aromatic rings. The molecule has 16 heavy (non-hydrogen) atoms. The lowest BCUT2D eigenvalue weighted by atomic mass is 10.2. The topological polar surface area (TPSA) is 32.3 Å². The van der Waals surface area contributed by atoms with E-state index in [1.54, 1.807) is 11.0 Å². The first-order chi connectivity index (χ1) is 7.75. The number of urea groups is 1. The van der Waals surface area contributed by atoms with Gasteiger partial charge in [0.25, 0.3) is 0 Å². The summed E-state index contributed by atoms with van der Waals surface area (Å²) in [5.74, 6) is -0.270. The zero-order valence-electron chi connectivity index (χ0n) is 8.37. The zero-order valence-corrected chi connectivity index (χ0v) is 9.18. The van der Waals surface area contributed by atoms with Crippen molar-refractivity contribution in [3.63, 3.8) is 0 Å². The number of fused-ring (bicyclic) bond motifs is 1. The van der Waals surface area contributed by atoms with Gasteiger partial charge in [0, 0.05) is 28.9 Å². The summed E-state index contributed by atoms with van der Waals surface area (Å²) in [6, 6.07) is 4.87. The summed E-state index contributed by atoms with van der Waals surface area (Å²) in [5.41, 5.74) is 0.627. The quantitative estimate of drug-likeness (QED) is 0.811. The molecule has 2 heterocycles. The number of amides is 2. The maximum absolute atomic E-state index is 13.7. The molecule has 0 bridgehead atoms. The van der Waals surface area contributed by atoms with Crippen LogP contribution < -0.4 is 10.2 Å². The molecule has 0 spiro atoms. The summed E-state index contributed by atoms with van der Waals surface area (Å²) in [6.07, 6.45) is 0. The molecule has 0 radical (unpaired) electrons.